The molecule has 40 heavy (non-hydrogen) atoms. The van der Waals surface area contributed by atoms with Crippen LogP contribution in [0, 0.1) is 0 Å². The van der Waals surface area contributed by atoms with Crippen LogP contribution in [0.1, 0.15) is 39.0 Å². The molecule has 15 heteroatoms. The number of aromatic nitrogens is 4. The first kappa shape index (κ1) is 27.7. The summed E-state index contributed by atoms with van der Waals surface area (Å²) >= 11 is 0. The molecule has 2 aromatic heterocycles. The van der Waals surface area contributed by atoms with E-state index in [-0.39, 0.29) is 42.7 Å². The average Bonchev–Trinajstić information content (AvgIpc) is 3.27. The standard InChI is InChI=1S/C25H33F2N9O4/c1-3-39-21-13-29-19(12-30-21)33-23(37)35(2)18-14-36(9-7-25(18,26)27)22-28-8-6-20(34-22)40-24(38)32-17-10-15-4-5-16(11-17)31-15/h6,8,12-13,15-18,31H,3-5,7,9-11,14H2,1-2H3,(H,32,38)(H,29,33,37)/t15-,16+,17?,18-/m0/s1. The smallest absolute Gasteiger partial charge is 0.414 e. The average molecular weight is 562 g/mol. The van der Waals surface area contributed by atoms with Crippen LogP contribution in [0.4, 0.5) is 30.1 Å². The first-order valence-corrected chi connectivity index (χ1v) is 13.4. The van der Waals surface area contributed by atoms with Crippen LogP contribution in [-0.4, -0.2) is 93.8 Å². The topological polar surface area (TPSA) is 147 Å². The van der Waals surface area contributed by atoms with Gasteiger partial charge in [0.1, 0.15) is 6.04 Å². The van der Waals surface area contributed by atoms with Gasteiger partial charge in [0, 0.05) is 56.9 Å². The Balaban J connectivity index is 1.20. The Bertz CT molecular complexity index is 1190. The Kier molecular flexibility index (Phi) is 8.09. The second-order valence-corrected chi connectivity index (χ2v) is 10.2. The number of nitrogens with zero attached hydrogens (tertiary/aromatic N) is 6. The van der Waals surface area contributed by atoms with Crippen molar-refractivity contribution < 1.29 is 27.8 Å². The molecule has 13 nitrogen and oxygen atoms in total. The van der Waals surface area contributed by atoms with Gasteiger partial charge in [0.05, 0.1) is 19.0 Å². The Morgan fingerprint density at radius 1 is 1.18 bits per heavy atom. The summed E-state index contributed by atoms with van der Waals surface area (Å²) in [7, 11) is 1.29. The summed E-state index contributed by atoms with van der Waals surface area (Å²) < 4.78 is 40.5. The molecule has 2 aromatic rings. The third-order valence-electron chi connectivity index (χ3n) is 7.43. The van der Waals surface area contributed by atoms with Crippen LogP contribution in [0.5, 0.6) is 11.8 Å². The maximum atomic E-state index is 15.0. The second-order valence-electron chi connectivity index (χ2n) is 10.2. The number of ether oxygens (including phenoxy) is 2. The Morgan fingerprint density at radius 2 is 1.95 bits per heavy atom. The number of carbonyl (C=O) groups excluding carboxylic acids is 2. The minimum atomic E-state index is -3.16. The van der Waals surface area contributed by atoms with E-state index in [1.807, 2.05) is 0 Å². The van der Waals surface area contributed by atoms with E-state index in [1.54, 1.807) is 6.92 Å². The summed E-state index contributed by atoms with van der Waals surface area (Å²) in [6.07, 6.45) is 6.78. The van der Waals surface area contributed by atoms with E-state index >= 15 is 0 Å². The fraction of sp³-hybridized carbons (Fsp3) is 0.600. The monoisotopic (exact) mass is 561 g/mol. The molecule has 0 spiro atoms. The van der Waals surface area contributed by atoms with Gasteiger partial charge in [-0.05, 0) is 32.6 Å². The number of hydrogen-bond acceptors (Lipinski definition) is 10. The summed E-state index contributed by atoms with van der Waals surface area (Å²) in [5.74, 6) is -2.65. The lowest BCUT2D eigenvalue weighted by Crippen LogP contribution is -2.60. The zero-order valence-electron chi connectivity index (χ0n) is 22.3. The van der Waals surface area contributed by atoms with Gasteiger partial charge in [-0.3, -0.25) is 5.32 Å². The van der Waals surface area contributed by atoms with E-state index in [1.165, 1.54) is 36.6 Å². The molecule has 4 atom stereocenters. The van der Waals surface area contributed by atoms with Gasteiger partial charge in [0.2, 0.25) is 17.7 Å². The molecule has 3 fully saturated rings. The van der Waals surface area contributed by atoms with E-state index in [9.17, 15) is 18.4 Å². The van der Waals surface area contributed by atoms with E-state index in [0.717, 1.165) is 30.6 Å². The Morgan fingerprint density at radius 3 is 2.65 bits per heavy atom. The molecule has 3 aliphatic rings. The Hall–Kier alpha value is -3.88. The van der Waals surface area contributed by atoms with Crippen molar-refractivity contribution >= 4 is 23.9 Å². The van der Waals surface area contributed by atoms with Crippen molar-refractivity contribution in [2.75, 3.05) is 37.0 Å². The van der Waals surface area contributed by atoms with Crippen molar-refractivity contribution in [3.05, 3.63) is 24.7 Å². The minimum Gasteiger partial charge on any atom is -0.477 e. The largest absolute Gasteiger partial charge is 0.477 e. The number of fused-ring (bicyclic) bond motifs is 2. The SMILES string of the molecule is CCOc1cnc(NC(=O)N(C)[C@H]2CN(c3nccc(OC(=O)NC4C[C@H]5CC[C@@H](C4)N5)n3)CCC2(F)F)cn1. The number of likely N-dealkylation sites (N-methyl/N-ethyl adjacent to an activating group) is 1. The van der Waals surface area contributed by atoms with Gasteiger partial charge in [-0.15, -0.1) is 0 Å². The van der Waals surface area contributed by atoms with Crippen LogP contribution < -0.4 is 30.3 Å². The van der Waals surface area contributed by atoms with Crippen LogP contribution >= 0.6 is 0 Å². The van der Waals surface area contributed by atoms with Crippen LogP contribution in [-0.2, 0) is 0 Å². The van der Waals surface area contributed by atoms with Crippen LogP contribution in [0.15, 0.2) is 24.7 Å². The van der Waals surface area contributed by atoms with E-state index in [0.29, 0.717) is 18.7 Å². The third-order valence-corrected chi connectivity index (χ3v) is 7.43. The van der Waals surface area contributed by atoms with Crippen LogP contribution in [0.2, 0.25) is 0 Å². The lowest BCUT2D eigenvalue weighted by Gasteiger charge is -2.42. The highest BCUT2D eigenvalue weighted by molar-refractivity contribution is 5.88. The molecule has 216 valence electrons. The van der Waals surface area contributed by atoms with Crippen LogP contribution in [0.25, 0.3) is 0 Å². The zero-order chi connectivity index (χ0) is 28.3. The van der Waals surface area contributed by atoms with Gasteiger partial charge < -0.3 is 29.9 Å². The van der Waals surface area contributed by atoms with E-state index in [4.69, 9.17) is 9.47 Å². The number of anilines is 2. The highest BCUT2D eigenvalue weighted by Crippen LogP contribution is 2.33. The number of hydrogen-bond donors (Lipinski definition) is 3. The molecule has 5 rings (SSSR count). The molecule has 3 saturated heterocycles. The fourth-order valence-electron chi connectivity index (χ4n) is 5.42. The number of piperidine rings is 2. The summed E-state index contributed by atoms with van der Waals surface area (Å²) in [5, 5.41) is 8.90. The maximum absolute atomic E-state index is 15.0. The number of alkyl halides is 2. The molecule has 5 heterocycles. The molecule has 3 aliphatic heterocycles. The minimum absolute atomic E-state index is 0.00783. The third kappa shape index (κ3) is 6.46. The summed E-state index contributed by atoms with van der Waals surface area (Å²) in [5.41, 5.74) is 0. The van der Waals surface area contributed by atoms with Gasteiger partial charge in [0.15, 0.2) is 5.82 Å². The molecule has 3 N–H and O–H groups in total. The Labute approximate surface area is 230 Å². The molecular formula is C25H33F2N9O4. The lowest BCUT2D eigenvalue weighted by molar-refractivity contribution is -0.0760. The molecule has 0 aliphatic carbocycles. The molecule has 0 aromatic carbocycles. The predicted molar refractivity (Wildman–Crippen MR) is 140 cm³/mol. The number of amides is 3. The number of rotatable bonds is 7. The normalized spacial score (nSPS) is 25.1. The number of urea groups is 1. The number of halogens is 2. The lowest BCUT2D eigenvalue weighted by atomic mass is 10.00. The molecule has 0 radical (unpaired) electrons. The van der Waals surface area contributed by atoms with Crippen molar-refractivity contribution in [3.63, 3.8) is 0 Å². The first-order chi connectivity index (χ1) is 19.2. The highest BCUT2D eigenvalue weighted by atomic mass is 19.3. The fourth-order valence-corrected chi connectivity index (χ4v) is 5.42. The second kappa shape index (κ2) is 11.7. The van der Waals surface area contributed by atoms with Gasteiger partial charge in [0.25, 0.3) is 5.92 Å². The maximum Gasteiger partial charge on any atom is 0.414 e. The zero-order valence-corrected chi connectivity index (χ0v) is 22.3. The van der Waals surface area contributed by atoms with Crippen molar-refractivity contribution in [3.8, 4) is 11.8 Å². The van der Waals surface area contributed by atoms with E-state index in [2.05, 4.69) is 35.9 Å². The van der Waals surface area contributed by atoms with Crippen molar-refractivity contribution in [1.82, 2.24) is 35.5 Å². The summed E-state index contributed by atoms with van der Waals surface area (Å²) in [6, 6.07) is 0.0216. The molecule has 1 unspecified atom stereocenters. The van der Waals surface area contributed by atoms with Gasteiger partial charge in [-0.25, -0.2) is 33.3 Å². The molecule has 0 saturated carbocycles. The quantitative estimate of drug-likeness (QED) is 0.461. The predicted octanol–water partition coefficient (Wildman–Crippen LogP) is 2.41. The van der Waals surface area contributed by atoms with Crippen molar-refractivity contribution in [2.45, 2.75) is 69.1 Å². The van der Waals surface area contributed by atoms with Gasteiger partial charge in [-0.1, -0.05) is 0 Å². The van der Waals surface area contributed by atoms with Crippen molar-refractivity contribution in [2.24, 2.45) is 0 Å². The first-order valence-electron chi connectivity index (χ1n) is 13.4. The van der Waals surface area contributed by atoms with Crippen LogP contribution in [0.3, 0.4) is 0 Å². The summed E-state index contributed by atoms with van der Waals surface area (Å²) in [6.45, 7) is 1.92. The van der Waals surface area contributed by atoms with Crippen molar-refractivity contribution in [1.29, 1.82) is 0 Å². The van der Waals surface area contributed by atoms with Gasteiger partial charge >= 0.3 is 12.1 Å². The molecule has 2 bridgehead atoms. The summed E-state index contributed by atoms with van der Waals surface area (Å²) in [4.78, 5) is 44.3. The molecular weight excluding hydrogens is 528 g/mol. The van der Waals surface area contributed by atoms with Gasteiger partial charge in [-0.2, -0.15) is 4.98 Å². The number of carbonyl (C=O) groups is 2. The molecule has 3 amide bonds. The van der Waals surface area contributed by atoms with E-state index < -0.39 is 30.5 Å². The number of nitrogens with one attached hydrogen (secondary N) is 3. The highest BCUT2D eigenvalue weighted by Gasteiger charge is 2.48.